The molecule has 0 radical (unpaired) electrons. The lowest BCUT2D eigenvalue weighted by Crippen LogP contribution is -2.05. The van der Waals surface area contributed by atoms with Crippen molar-refractivity contribution in [2.24, 2.45) is 0 Å². The van der Waals surface area contributed by atoms with E-state index in [-0.39, 0.29) is 0 Å². The molecule has 0 spiro atoms. The zero-order chi connectivity index (χ0) is 14.5. The van der Waals surface area contributed by atoms with Gasteiger partial charge in [0.25, 0.3) is 0 Å². The Labute approximate surface area is 137 Å². The van der Waals surface area contributed by atoms with E-state index in [2.05, 4.69) is 62.6 Å². The van der Waals surface area contributed by atoms with E-state index < -0.39 is 0 Å². The van der Waals surface area contributed by atoms with E-state index in [1.54, 1.807) is 34.6 Å². The minimum absolute atomic E-state index is 0.877. The molecule has 108 valence electrons. The molecule has 0 unspecified atom stereocenters. The summed E-state index contributed by atoms with van der Waals surface area (Å²) in [6.45, 7) is 0.877. The molecule has 2 nitrogen and oxygen atoms in total. The van der Waals surface area contributed by atoms with Crippen molar-refractivity contribution in [3.63, 3.8) is 0 Å². The lowest BCUT2D eigenvalue weighted by Gasteiger charge is -2.12. The summed E-state index contributed by atoms with van der Waals surface area (Å²) in [4.78, 5) is 2.54. The molecule has 3 rings (SSSR count). The van der Waals surface area contributed by atoms with E-state index in [0.717, 1.165) is 6.54 Å². The fraction of sp³-hybridized carbons (Fsp3) is 0.125. The van der Waals surface area contributed by atoms with Crippen molar-refractivity contribution in [3.8, 4) is 10.4 Å². The lowest BCUT2D eigenvalue weighted by molar-refractivity contribution is 0.818. The van der Waals surface area contributed by atoms with Gasteiger partial charge in [-0.1, -0.05) is 18.2 Å². The van der Waals surface area contributed by atoms with Gasteiger partial charge in [-0.2, -0.15) is 11.3 Å². The molecule has 0 amide bonds. The van der Waals surface area contributed by atoms with E-state index in [9.17, 15) is 0 Å². The van der Waals surface area contributed by atoms with Crippen molar-refractivity contribution in [2.45, 2.75) is 11.4 Å². The van der Waals surface area contributed by atoms with Crippen LogP contribution in [0.2, 0.25) is 0 Å². The zero-order valence-corrected chi connectivity index (χ0v) is 14.1. The van der Waals surface area contributed by atoms with E-state index in [1.807, 2.05) is 7.05 Å². The number of thiophene rings is 2. The van der Waals surface area contributed by atoms with E-state index >= 15 is 0 Å². The lowest BCUT2D eigenvalue weighted by atomic mass is 10.1. The van der Waals surface area contributed by atoms with Crippen LogP contribution in [-0.4, -0.2) is 7.05 Å². The molecule has 0 aliphatic carbocycles. The molecule has 2 aromatic heterocycles. The predicted octanol–water partition coefficient (Wildman–Crippen LogP) is 5.32. The summed E-state index contributed by atoms with van der Waals surface area (Å²) in [6.07, 6.45) is 0. The van der Waals surface area contributed by atoms with Gasteiger partial charge in [0.1, 0.15) is 0 Å². The quantitative estimate of drug-likeness (QED) is 0.598. The summed E-state index contributed by atoms with van der Waals surface area (Å²) in [6, 6.07) is 13.0. The normalized spacial score (nSPS) is 10.7. The third kappa shape index (κ3) is 3.68. The van der Waals surface area contributed by atoms with Gasteiger partial charge in [-0.3, -0.25) is 0 Å². The van der Waals surface area contributed by atoms with Crippen molar-refractivity contribution >= 4 is 40.3 Å². The monoisotopic (exact) mass is 332 g/mol. The van der Waals surface area contributed by atoms with Gasteiger partial charge < -0.3 is 10.0 Å². The van der Waals surface area contributed by atoms with E-state index in [4.69, 9.17) is 0 Å². The zero-order valence-electron chi connectivity index (χ0n) is 11.6. The highest BCUT2D eigenvalue weighted by molar-refractivity contribution is 8.00. The van der Waals surface area contributed by atoms with E-state index in [1.165, 1.54) is 26.6 Å². The predicted molar refractivity (Wildman–Crippen MR) is 96.3 cm³/mol. The molecule has 0 saturated carbocycles. The van der Waals surface area contributed by atoms with Gasteiger partial charge in [-0.25, -0.2) is 0 Å². The second kappa shape index (κ2) is 7.13. The molecule has 0 bridgehead atoms. The third-order valence-electron chi connectivity index (χ3n) is 3.03. The van der Waals surface area contributed by atoms with Crippen LogP contribution in [0, 0.1) is 0 Å². The molecule has 0 atom stereocenters. The van der Waals surface area contributed by atoms with E-state index in [0.29, 0.717) is 0 Å². The van der Waals surface area contributed by atoms with Crippen LogP contribution in [0.15, 0.2) is 57.4 Å². The van der Waals surface area contributed by atoms with Crippen molar-refractivity contribution in [2.75, 3.05) is 11.8 Å². The average molecular weight is 333 g/mol. The molecule has 0 fully saturated rings. The van der Waals surface area contributed by atoms with Crippen LogP contribution in [-0.2, 0) is 6.54 Å². The Morgan fingerprint density at radius 1 is 1.14 bits per heavy atom. The van der Waals surface area contributed by atoms with Crippen LogP contribution in [0.4, 0.5) is 5.69 Å². The van der Waals surface area contributed by atoms with Gasteiger partial charge in [0.2, 0.25) is 0 Å². The number of benzene rings is 1. The Kier molecular flexibility index (Phi) is 4.98. The second-order valence-corrected chi connectivity index (χ2v) is 7.16. The smallest absolute Gasteiger partial charge is 0.0533 e. The number of hydrogen-bond acceptors (Lipinski definition) is 5. The first kappa shape index (κ1) is 14.7. The summed E-state index contributed by atoms with van der Waals surface area (Å²) in [5, 5.41) is 9.57. The Bertz CT molecular complexity index is 676. The fourth-order valence-corrected chi connectivity index (χ4v) is 4.32. The van der Waals surface area contributed by atoms with Crippen LogP contribution in [0.5, 0.6) is 0 Å². The molecule has 5 heteroatoms. The summed E-state index contributed by atoms with van der Waals surface area (Å²) >= 11 is 5.15. The van der Waals surface area contributed by atoms with Crippen molar-refractivity contribution in [1.29, 1.82) is 0 Å². The number of rotatable bonds is 6. The van der Waals surface area contributed by atoms with Crippen LogP contribution >= 0.6 is 34.6 Å². The first-order valence-electron chi connectivity index (χ1n) is 6.63. The first-order chi connectivity index (χ1) is 10.4. The van der Waals surface area contributed by atoms with Crippen molar-refractivity contribution < 1.29 is 0 Å². The summed E-state index contributed by atoms with van der Waals surface area (Å²) < 4.78 is 3.50. The van der Waals surface area contributed by atoms with Crippen molar-refractivity contribution in [3.05, 3.63) is 58.1 Å². The Balaban J connectivity index is 1.88. The Morgan fingerprint density at radius 2 is 2.10 bits per heavy atom. The van der Waals surface area contributed by atoms with Gasteiger partial charge >= 0.3 is 0 Å². The molecule has 1 aromatic carbocycles. The van der Waals surface area contributed by atoms with Gasteiger partial charge in [0.15, 0.2) is 0 Å². The van der Waals surface area contributed by atoms with Crippen LogP contribution in [0.3, 0.4) is 0 Å². The maximum atomic E-state index is 3.50. The Hall–Kier alpha value is -1.27. The topological polar surface area (TPSA) is 24.1 Å². The molecule has 0 aliphatic rings. The maximum Gasteiger partial charge on any atom is 0.0533 e. The van der Waals surface area contributed by atoms with Gasteiger partial charge in [-0.15, -0.1) is 11.3 Å². The number of hydrogen-bond donors (Lipinski definition) is 2. The second-order valence-electron chi connectivity index (χ2n) is 4.55. The molecular weight excluding hydrogens is 316 g/mol. The standard InChI is InChI=1S/C16H16N2S3/c1-17-10-12-4-5-14(16-3-2-7-20-16)15(9-12)18-21-13-6-8-19-11-13/h2-9,11,17-18H,10H2,1H3. The molecule has 0 aliphatic heterocycles. The maximum absolute atomic E-state index is 3.50. The molecule has 2 N–H and O–H groups in total. The highest BCUT2D eigenvalue weighted by atomic mass is 32.2. The van der Waals surface area contributed by atoms with Crippen LogP contribution in [0.1, 0.15) is 5.56 Å². The third-order valence-corrected chi connectivity index (χ3v) is 5.57. The van der Waals surface area contributed by atoms with Gasteiger partial charge in [0.05, 0.1) is 5.69 Å². The fourth-order valence-electron chi connectivity index (χ4n) is 2.06. The SMILES string of the molecule is CNCc1ccc(-c2cccs2)c(NSc2ccsc2)c1. The van der Waals surface area contributed by atoms with Crippen molar-refractivity contribution in [1.82, 2.24) is 5.32 Å². The molecule has 0 saturated heterocycles. The number of nitrogens with one attached hydrogen (secondary N) is 2. The summed E-state index contributed by atoms with van der Waals surface area (Å²) in [7, 11) is 1.97. The van der Waals surface area contributed by atoms with Gasteiger partial charge in [-0.05, 0) is 53.5 Å². The average Bonchev–Trinajstić information content (AvgIpc) is 3.19. The molecule has 2 heterocycles. The highest BCUT2D eigenvalue weighted by Crippen LogP contribution is 2.35. The number of anilines is 1. The largest absolute Gasteiger partial charge is 0.325 e. The Morgan fingerprint density at radius 3 is 2.81 bits per heavy atom. The minimum Gasteiger partial charge on any atom is -0.325 e. The molecular formula is C16H16N2S3. The highest BCUT2D eigenvalue weighted by Gasteiger charge is 2.08. The van der Waals surface area contributed by atoms with Crippen LogP contribution in [0.25, 0.3) is 10.4 Å². The molecule has 21 heavy (non-hydrogen) atoms. The van der Waals surface area contributed by atoms with Gasteiger partial charge in [0, 0.05) is 27.3 Å². The minimum atomic E-state index is 0.877. The summed E-state index contributed by atoms with van der Waals surface area (Å²) in [5.41, 5.74) is 3.71. The molecule has 3 aromatic rings. The van der Waals surface area contributed by atoms with Crippen LogP contribution < -0.4 is 10.0 Å². The first-order valence-corrected chi connectivity index (χ1v) is 9.27. The summed E-state index contributed by atoms with van der Waals surface area (Å²) in [5.74, 6) is 0.